The van der Waals surface area contributed by atoms with Crippen molar-refractivity contribution in [1.29, 1.82) is 0 Å². The number of thiophene rings is 1. The van der Waals surface area contributed by atoms with Crippen LogP contribution in [-0.2, 0) is 21.5 Å². The summed E-state index contributed by atoms with van der Waals surface area (Å²) in [6.45, 7) is 5.76. The number of urea groups is 1. The van der Waals surface area contributed by atoms with Crippen LogP contribution in [0.25, 0.3) is 0 Å². The van der Waals surface area contributed by atoms with Crippen molar-refractivity contribution >= 4 is 29.2 Å². The second kappa shape index (κ2) is 10.0. The lowest BCUT2D eigenvalue weighted by Gasteiger charge is -2.40. The van der Waals surface area contributed by atoms with Crippen molar-refractivity contribution in [3.05, 3.63) is 52.5 Å². The number of carbonyl (C=O) groups excluding carboxylic acids is 3. The topological polar surface area (TPSA) is 82.6 Å². The first-order chi connectivity index (χ1) is 15.9. The molecule has 33 heavy (non-hydrogen) atoms. The van der Waals surface area contributed by atoms with Crippen LogP contribution in [0.3, 0.4) is 0 Å². The van der Waals surface area contributed by atoms with Gasteiger partial charge in [0.05, 0.1) is 5.69 Å². The summed E-state index contributed by atoms with van der Waals surface area (Å²) < 4.78 is 0. The molecule has 7 nitrogen and oxygen atoms in total. The minimum Gasteiger partial charge on any atom is -0.343 e. The molecule has 2 aliphatic rings. The second-order valence-electron chi connectivity index (χ2n) is 9.33. The monoisotopic (exact) mass is 468 g/mol. The highest BCUT2D eigenvalue weighted by Crippen LogP contribution is 2.40. The molecule has 8 heteroatoms. The maximum absolute atomic E-state index is 13.8. The van der Waals surface area contributed by atoms with Crippen LogP contribution in [0.15, 0.2) is 41.9 Å². The highest BCUT2D eigenvalue weighted by atomic mass is 32.1. The van der Waals surface area contributed by atoms with Crippen molar-refractivity contribution in [3.63, 3.8) is 0 Å². The first-order valence-electron chi connectivity index (χ1n) is 11.8. The van der Waals surface area contributed by atoms with Gasteiger partial charge in [0.15, 0.2) is 5.54 Å². The van der Waals surface area contributed by atoms with Crippen LogP contribution in [0, 0.1) is 11.8 Å². The normalized spacial score (nSPS) is 21.7. The Bertz CT molecular complexity index is 971. The van der Waals surface area contributed by atoms with Crippen LogP contribution in [0.1, 0.15) is 50.1 Å². The van der Waals surface area contributed by atoms with E-state index in [4.69, 9.17) is 0 Å². The van der Waals surface area contributed by atoms with Crippen LogP contribution in [0.2, 0.25) is 0 Å². The predicted octanol–water partition coefficient (Wildman–Crippen LogP) is 3.81. The van der Waals surface area contributed by atoms with Gasteiger partial charge in [-0.1, -0.05) is 26.0 Å². The zero-order valence-electron chi connectivity index (χ0n) is 19.3. The van der Waals surface area contributed by atoms with E-state index in [2.05, 4.69) is 24.1 Å². The molecule has 2 aromatic heterocycles. The third-order valence-corrected chi connectivity index (χ3v) is 7.69. The molecule has 4 rings (SSSR count). The summed E-state index contributed by atoms with van der Waals surface area (Å²) in [6, 6.07) is 9.10. The van der Waals surface area contributed by atoms with E-state index in [1.54, 1.807) is 17.5 Å². The van der Waals surface area contributed by atoms with E-state index < -0.39 is 5.54 Å². The van der Waals surface area contributed by atoms with Crippen LogP contribution in [-0.4, -0.2) is 52.3 Å². The quantitative estimate of drug-likeness (QED) is 0.598. The first-order valence-corrected chi connectivity index (χ1v) is 12.7. The Morgan fingerprint density at radius 3 is 2.64 bits per heavy atom. The summed E-state index contributed by atoms with van der Waals surface area (Å²) in [7, 11) is 0. The zero-order chi connectivity index (χ0) is 23.4. The van der Waals surface area contributed by atoms with E-state index in [9.17, 15) is 14.4 Å². The number of amides is 4. The largest absolute Gasteiger partial charge is 0.343 e. The molecule has 0 radical (unpaired) electrons. The molecule has 4 heterocycles. The number of carbonyl (C=O) groups is 3. The van der Waals surface area contributed by atoms with Crippen LogP contribution >= 0.6 is 11.3 Å². The average Bonchev–Trinajstić information content (AvgIpc) is 3.43. The van der Waals surface area contributed by atoms with E-state index in [1.807, 2.05) is 40.6 Å². The SMILES string of the molecule is CC(C)CCC(=O)N1CCC([C@@]2(c3ccccn3)NC(=O)N(CCc3cccs3)C2=O)CC1. The molecule has 2 fully saturated rings. The molecule has 0 saturated carbocycles. The van der Waals surface area contributed by atoms with Gasteiger partial charge in [-0.3, -0.25) is 19.5 Å². The molecule has 2 saturated heterocycles. The molecule has 0 bridgehead atoms. The van der Waals surface area contributed by atoms with Gasteiger partial charge >= 0.3 is 6.03 Å². The van der Waals surface area contributed by atoms with E-state index >= 15 is 0 Å². The molecule has 0 spiro atoms. The second-order valence-corrected chi connectivity index (χ2v) is 10.4. The number of aromatic nitrogens is 1. The Balaban J connectivity index is 1.52. The van der Waals surface area contributed by atoms with Crippen molar-refractivity contribution in [1.82, 2.24) is 20.1 Å². The highest BCUT2D eigenvalue weighted by molar-refractivity contribution is 7.09. The fourth-order valence-electron chi connectivity index (χ4n) is 4.86. The summed E-state index contributed by atoms with van der Waals surface area (Å²) in [5, 5.41) is 5.04. The van der Waals surface area contributed by atoms with Gasteiger partial charge in [-0.05, 0) is 55.2 Å². The minimum atomic E-state index is -1.18. The molecule has 1 N–H and O–H groups in total. The molecule has 0 aromatic carbocycles. The maximum atomic E-state index is 13.8. The number of pyridine rings is 1. The lowest BCUT2D eigenvalue weighted by Crippen LogP contribution is -2.54. The molecule has 4 amide bonds. The van der Waals surface area contributed by atoms with Gasteiger partial charge in [0.25, 0.3) is 5.91 Å². The Morgan fingerprint density at radius 1 is 1.21 bits per heavy atom. The first kappa shape index (κ1) is 23.4. The molecule has 1 atom stereocenters. The number of piperidine rings is 1. The minimum absolute atomic E-state index is 0.121. The average molecular weight is 469 g/mol. The number of nitrogens with zero attached hydrogens (tertiary/aromatic N) is 3. The van der Waals surface area contributed by atoms with Crippen molar-refractivity contribution in [2.24, 2.45) is 11.8 Å². The lowest BCUT2D eigenvalue weighted by atomic mass is 9.75. The number of hydrogen-bond acceptors (Lipinski definition) is 5. The van der Waals surface area contributed by atoms with E-state index in [1.165, 1.54) is 4.90 Å². The standard InChI is InChI=1S/C25H32N4O3S/c1-18(2)8-9-22(30)28-14-10-19(11-15-28)25(21-7-3-4-13-26-21)23(31)29(24(32)27-25)16-12-20-6-5-17-33-20/h3-7,13,17-19H,8-12,14-16H2,1-2H3,(H,27,32)/t25-/m0/s1. The number of likely N-dealkylation sites (tertiary alicyclic amines) is 1. The third-order valence-electron chi connectivity index (χ3n) is 6.76. The van der Waals surface area contributed by atoms with Crippen LogP contribution < -0.4 is 5.32 Å². The zero-order valence-corrected chi connectivity index (χ0v) is 20.1. The van der Waals surface area contributed by atoms with Gasteiger partial charge in [0.2, 0.25) is 5.91 Å². The van der Waals surface area contributed by atoms with Crippen LogP contribution in [0.4, 0.5) is 4.79 Å². The van der Waals surface area contributed by atoms with Crippen molar-refractivity contribution in [3.8, 4) is 0 Å². The van der Waals surface area contributed by atoms with E-state index in [0.717, 1.165) is 11.3 Å². The van der Waals surface area contributed by atoms with Crippen molar-refractivity contribution in [2.75, 3.05) is 19.6 Å². The Kier molecular flexibility index (Phi) is 7.12. The summed E-state index contributed by atoms with van der Waals surface area (Å²) in [4.78, 5) is 48.3. The summed E-state index contributed by atoms with van der Waals surface area (Å²) in [6.07, 6.45) is 5.03. The summed E-state index contributed by atoms with van der Waals surface area (Å²) >= 11 is 1.62. The molecule has 0 aliphatic carbocycles. The van der Waals surface area contributed by atoms with Crippen molar-refractivity contribution < 1.29 is 14.4 Å². The molecular weight excluding hydrogens is 436 g/mol. The number of nitrogens with one attached hydrogen (secondary N) is 1. The van der Waals surface area contributed by atoms with Gasteiger partial charge < -0.3 is 10.2 Å². The third kappa shape index (κ3) is 4.81. The molecule has 2 aromatic rings. The Morgan fingerprint density at radius 2 is 2.00 bits per heavy atom. The number of hydrogen-bond donors (Lipinski definition) is 1. The number of rotatable bonds is 8. The van der Waals surface area contributed by atoms with E-state index in [0.29, 0.717) is 56.9 Å². The Labute approximate surface area is 199 Å². The van der Waals surface area contributed by atoms with Gasteiger partial charge in [0, 0.05) is 43.0 Å². The van der Waals surface area contributed by atoms with Gasteiger partial charge in [0.1, 0.15) is 0 Å². The molecule has 176 valence electrons. The molecule has 2 aliphatic heterocycles. The molecular formula is C25H32N4O3S. The Hall–Kier alpha value is -2.74. The van der Waals surface area contributed by atoms with Gasteiger partial charge in [-0.15, -0.1) is 11.3 Å². The fraction of sp³-hybridized carbons (Fsp3) is 0.520. The smallest absolute Gasteiger partial charge is 0.325 e. The van der Waals surface area contributed by atoms with Crippen LogP contribution in [0.5, 0.6) is 0 Å². The summed E-state index contributed by atoms with van der Waals surface area (Å²) in [5.41, 5.74) is -0.604. The summed E-state index contributed by atoms with van der Waals surface area (Å²) in [5.74, 6) is 0.316. The van der Waals surface area contributed by atoms with Gasteiger partial charge in [-0.2, -0.15) is 0 Å². The highest BCUT2D eigenvalue weighted by Gasteiger charge is 2.58. The predicted molar refractivity (Wildman–Crippen MR) is 128 cm³/mol. The van der Waals surface area contributed by atoms with Gasteiger partial charge in [-0.25, -0.2) is 4.79 Å². The van der Waals surface area contributed by atoms with Crippen molar-refractivity contribution in [2.45, 2.75) is 51.5 Å². The molecule has 0 unspecified atom stereocenters. The fourth-order valence-corrected chi connectivity index (χ4v) is 5.56. The number of imide groups is 1. The lowest BCUT2D eigenvalue weighted by molar-refractivity contribution is -0.136. The van der Waals surface area contributed by atoms with E-state index in [-0.39, 0.29) is 23.8 Å². The maximum Gasteiger partial charge on any atom is 0.325 e.